The summed E-state index contributed by atoms with van der Waals surface area (Å²) < 4.78 is 5.33. The Balaban J connectivity index is 1.89. The van der Waals surface area contributed by atoms with Crippen molar-refractivity contribution in [3.63, 3.8) is 0 Å². The Morgan fingerprint density at radius 2 is 2.24 bits per heavy atom. The van der Waals surface area contributed by atoms with Crippen LogP contribution < -0.4 is 5.73 Å². The molecule has 0 aliphatic carbocycles. The number of nitrogens with two attached hydrogens (primary N) is 1. The molecule has 1 unspecified atom stereocenters. The monoisotopic (exact) mass is 249 g/mol. The van der Waals surface area contributed by atoms with E-state index < -0.39 is 0 Å². The van der Waals surface area contributed by atoms with Gasteiger partial charge in [-0.25, -0.2) is 0 Å². The molecular weight excluding hydrogens is 230 g/mol. The predicted octanol–water partition coefficient (Wildman–Crippen LogP) is 3.11. The number of benzene rings is 1. The molecule has 2 nitrogen and oxygen atoms in total. The Labute approximate surface area is 107 Å². The first-order valence-corrected chi connectivity index (χ1v) is 7.00. The molecule has 0 fully saturated rings. The van der Waals surface area contributed by atoms with Crippen molar-refractivity contribution < 1.29 is 4.74 Å². The number of hydrogen-bond acceptors (Lipinski definition) is 3. The van der Waals surface area contributed by atoms with E-state index in [4.69, 9.17) is 10.5 Å². The van der Waals surface area contributed by atoms with Crippen molar-refractivity contribution in [3.05, 3.63) is 41.7 Å². The SMILES string of the molecule is Cc1ccccc1SCC(N)C1=COCCC1. The van der Waals surface area contributed by atoms with Crippen LogP contribution in [0.3, 0.4) is 0 Å². The van der Waals surface area contributed by atoms with Crippen molar-refractivity contribution >= 4 is 11.8 Å². The van der Waals surface area contributed by atoms with Gasteiger partial charge in [0.05, 0.1) is 12.9 Å². The minimum atomic E-state index is 0.111. The summed E-state index contributed by atoms with van der Waals surface area (Å²) in [5.74, 6) is 0.917. The highest BCUT2D eigenvalue weighted by molar-refractivity contribution is 7.99. The smallest absolute Gasteiger partial charge is 0.0876 e. The van der Waals surface area contributed by atoms with Gasteiger partial charge in [0, 0.05) is 16.7 Å². The number of ether oxygens (including phenoxy) is 1. The lowest BCUT2D eigenvalue weighted by Gasteiger charge is -2.19. The minimum Gasteiger partial charge on any atom is -0.501 e. The zero-order valence-electron chi connectivity index (χ0n) is 10.2. The Hall–Kier alpha value is -0.930. The van der Waals surface area contributed by atoms with Crippen LogP contribution >= 0.6 is 11.8 Å². The number of thioether (sulfide) groups is 1. The minimum absolute atomic E-state index is 0.111. The molecule has 0 radical (unpaired) electrons. The van der Waals surface area contributed by atoms with Gasteiger partial charge in [-0.1, -0.05) is 18.2 Å². The van der Waals surface area contributed by atoms with Gasteiger partial charge >= 0.3 is 0 Å². The summed E-state index contributed by atoms with van der Waals surface area (Å²) in [6.07, 6.45) is 4.02. The second-order valence-corrected chi connectivity index (χ2v) is 5.41. The van der Waals surface area contributed by atoms with Crippen molar-refractivity contribution in [1.82, 2.24) is 0 Å². The summed E-state index contributed by atoms with van der Waals surface area (Å²) in [7, 11) is 0. The summed E-state index contributed by atoms with van der Waals surface area (Å²) in [4.78, 5) is 1.32. The second-order valence-electron chi connectivity index (χ2n) is 4.35. The van der Waals surface area contributed by atoms with Crippen molar-refractivity contribution in [1.29, 1.82) is 0 Å². The van der Waals surface area contributed by atoms with Gasteiger partial charge in [-0.3, -0.25) is 0 Å². The largest absolute Gasteiger partial charge is 0.501 e. The van der Waals surface area contributed by atoms with Crippen LogP contribution in [-0.4, -0.2) is 18.4 Å². The average Bonchev–Trinajstić information content (AvgIpc) is 2.38. The second kappa shape index (κ2) is 6.12. The molecule has 1 aliphatic rings. The zero-order valence-corrected chi connectivity index (χ0v) is 11.0. The quantitative estimate of drug-likeness (QED) is 0.833. The number of rotatable bonds is 4. The lowest BCUT2D eigenvalue weighted by atomic mass is 10.0. The van der Waals surface area contributed by atoms with E-state index in [0.717, 1.165) is 25.2 Å². The van der Waals surface area contributed by atoms with Crippen molar-refractivity contribution in [3.8, 4) is 0 Å². The zero-order chi connectivity index (χ0) is 12.1. The molecule has 17 heavy (non-hydrogen) atoms. The van der Waals surface area contributed by atoms with E-state index in [9.17, 15) is 0 Å². The molecule has 2 N–H and O–H groups in total. The van der Waals surface area contributed by atoms with E-state index in [2.05, 4.69) is 31.2 Å². The molecule has 1 aromatic rings. The van der Waals surface area contributed by atoms with E-state index in [1.54, 1.807) is 0 Å². The highest BCUT2D eigenvalue weighted by atomic mass is 32.2. The first-order valence-electron chi connectivity index (χ1n) is 6.02. The van der Waals surface area contributed by atoms with E-state index >= 15 is 0 Å². The molecule has 0 bridgehead atoms. The summed E-state index contributed by atoms with van der Waals surface area (Å²) in [5, 5.41) is 0. The van der Waals surface area contributed by atoms with Crippen LogP contribution in [0.1, 0.15) is 18.4 Å². The Morgan fingerprint density at radius 1 is 1.41 bits per heavy atom. The van der Waals surface area contributed by atoms with Crippen LogP contribution in [0.4, 0.5) is 0 Å². The normalized spacial score (nSPS) is 17.2. The summed E-state index contributed by atoms with van der Waals surface area (Å²) >= 11 is 1.83. The Morgan fingerprint density at radius 3 is 2.94 bits per heavy atom. The van der Waals surface area contributed by atoms with Crippen LogP contribution in [-0.2, 0) is 4.74 Å². The third-order valence-electron chi connectivity index (χ3n) is 2.95. The standard InChI is InChI=1S/C14H19NOS/c1-11-5-2-3-7-14(11)17-10-13(15)12-6-4-8-16-9-12/h2-3,5,7,9,13H,4,6,8,10,15H2,1H3. The van der Waals surface area contributed by atoms with Gasteiger partial charge in [0.25, 0.3) is 0 Å². The summed E-state index contributed by atoms with van der Waals surface area (Å²) in [6, 6.07) is 8.54. The molecule has 1 atom stereocenters. The maximum atomic E-state index is 6.18. The van der Waals surface area contributed by atoms with Gasteiger partial charge in [-0.05, 0) is 37.0 Å². The van der Waals surface area contributed by atoms with Gasteiger partial charge < -0.3 is 10.5 Å². The third-order valence-corrected chi connectivity index (χ3v) is 4.25. The fourth-order valence-electron chi connectivity index (χ4n) is 1.86. The maximum absolute atomic E-state index is 6.18. The first kappa shape index (κ1) is 12.5. The van der Waals surface area contributed by atoms with Gasteiger partial charge in [0.2, 0.25) is 0 Å². The van der Waals surface area contributed by atoms with E-state index in [1.165, 1.54) is 16.0 Å². The summed E-state index contributed by atoms with van der Waals surface area (Å²) in [5.41, 5.74) is 8.74. The van der Waals surface area contributed by atoms with Gasteiger partial charge in [0.15, 0.2) is 0 Å². The van der Waals surface area contributed by atoms with Crippen LogP contribution in [0.15, 0.2) is 41.0 Å². The molecule has 0 spiro atoms. The molecule has 2 rings (SSSR count). The molecule has 1 aromatic carbocycles. The predicted molar refractivity (Wildman–Crippen MR) is 73.1 cm³/mol. The van der Waals surface area contributed by atoms with Crippen molar-refractivity contribution in [2.24, 2.45) is 5.73 Å². The Bertz CT molecular complexity index is 403. The molecule has 1 heterocycles. The van der Waals surface area contributed by atoms with E-state index in [0.29, 0.717) is 0 Å². The first-order chi connectivity index (χ1) is 8.27. The topological polar surface area (TPSA) is 35.2 Å². The number of hydrogen-bond donors (Lipinski definition) is 1. The van der Waals surface area contributed by atoms with Crippen LogP contribution in [0.5, 0.6) is 0 Å². The highest BCUT2D eigenvalue weighted by Crippen LogP contribution is 2.25. The lowest BCUT2D eigenvalue weighted by Crippen LogP contribution is -2.27. The Kier molecular flexibility index (Phi) is 4.51. The molecule has 3 heteroatoms. The average molecular weight is 249 g/mol. The van der Waals surface area contributed by atoms with Gasteiger partial charge in [-0.2, -0.15) is 0 Å². The molecule has 0 amide bonds. The van der Waals surface area contributed by atoms with Crippen molar-refractivity contribution in [2.45, 2.75) is 30.7 Å². The molecule has 0 saturated carbocycles. The van der Waals surface area contributed by atoms with Crippen LogP contribution in [0.2, 0.25) is 0 Å². The lowest BCUT2D eigenvalue weighted by molar-refractivity contribution is 0.222. The molecule has 0 saturated heterocycles. The molecule has 92 valence electrons. The number of aryl methyl sites for hydroxylation is 1. The molecule has 1 aliphatic heterocycles. The molecular formula is C14H19NOS. The van der Waals surface area contributed by atoms with Crippen LogP contribution in [0, 0.1) is 6.92 Å². The van der Waals surface area contributed by atoms with Gasteiger partial charge in [0.1, 0.15) is 0 Å². The maximum Gasteiger partial charge on any atom is 0.0876 e. The van der Waals surface area contributed by atoms with Crippen LogP contribution in [0.25, 0.3) is 0 Å². The van der Waals surface area contributed by atoms with Gasteiger partial charge in [-0.15, -0.1) is 11.8 Å². The van der Waals surface area contributed by atoms with Crippen molar-refractivity contribution in [2.75, 3.05) is 12.4 Å². The van der Waals surface area contributed by atoms with E-state index in [1.807, 2.05) is 18.0 Å². The van der Waals surface area contributed by atoms with E-state index in [-0.39, 0.29) is 6.04 Å². The summed E-state index contributed by atoms with van der Waals surface area (Å²) in [6.45, 7) is 2.97. The fraction of sp³-hybridized carbons (Fsp3) is 0.429. The fourth-order valence-corrected chi connectivity index (χ4v) is 2.91. The third kappa shape index (κ3) is 3.51. The molecule has 0 aromatic heterocycles. The highest BCUT2D eigenvalue weighted by Gasteiger charge is 2.13.